The predicted octanol–water partition coefficient (Wildman–Crippen LogP) is 6.16. The number of thioether (sulfide) groups is 1. The molecule has 2 aromatic heterocycles. The van der Waals surface area contributed by atoms with Crippen LogP contribution in [0.4, 0.5) is 0 Å². The molecule has 0 unspecified atom stereocenters. The van der Waals surface area contributed by atoms with Crippen LogP contribution >= 0.6 is 34.7 Å². The molecule has 0 radical (unpaired) electrons. The molecule has 142 valence electrons. The van der Waals surface area contributed by atoms with Crippen LogP contribution in [-0.2, 0) is 7.05 Å². The zero-order chi connectivity index (χ0) is 19.5. The lowest BCUT2D eigenvalue weighted by molar-refractivity contribution is 0.415. The van der Waals surface area contributed by atoms with Crippen molar-refractivity contribution in [3.8, 4) is 16.5 Å². The molecule has 7 heteroatoms. The number of methoxy groups -OCH3 is 1. The molecule has 0 fully saturated rings. The highest BCUT2D eigenvalue weighted by molar-refractivity contribution is 7.99. The molecule has 28 heavy (non-hydrogen) atoms. The Hall–Kier alpha value is -2.28. The van der Waals surface area contributed by atoms with Crippen LogP contribution in [0.15, 0.2) is 59.8 Å². The molecule has 0 amide bonds. The molecule has 0 aliphatic rings. The van der Waals surface area contributed by atoms with Gasteiger partial charge in [0, 0.05) is 22.9 Å². The van der Waals surface area contributed by atoms with E-state index in [1.807, 2.05) is 48.0 Å². The van der Waals surface area contributed by atoms with Gasteiger partial charge in [0.05, 0.1) is 17.0 Å². The maximum absolute atomic E-state index is 6.63. The van der Waals surface area contributed by atoms with Crippen LogP contribution in [0.1, 0.15) is 5.56 Å². The lowest BCUT2D eigenvalue weighted by Gasteiger charge is -2.01. The van der Waals surface area contributed by atoms with Crippen LogP contribution in [0.3, 0.4) is 0 Å². The minimum Gasteiger partial charge on any atom is -0.497 e. The van der Waals surface area contributed by atoms with Gasteiger partial charge in [-0.05, 0) is 23.8 Å². The summed E-state index contributed by atoms with van der Waals surface area (Å²) in [5, 5.41) is 11.3. The Kier molecular flexibility index (Phi) is 5.71. The van der Waals surface area contributed by atoms with Crippen molar-refractivity contribution in [1.82, 2.24) is 14.8 Å². The van der Waals surface area contributed by atoms with Gasteiger partial charge in [0.2, 0.25) is 0 Å². The first-order chi connectivity index (χ1) is 13.7. The van der Waals surface area contributed by atoms with Crippen LogP contribution in [0, 0.1) is 0 Å². The van der Waals surface area contributed by atoms with Gasteiger partial charge in [-0.25, -0.2) is 0 Å². The van der Waals surface area contributed by atoms with Gasteiger partial charge in [-0.1, -0.05) is 65.8 Å². The molecule has 0 N–H and O–H groups in total. The van der Waals surface area contributed by atoms with Crippen molar-refractivity contribution in [3.05, 3.63) is 65.2 Å². The molecule has 0 saturated carbocycles. The topological polar surface area (TPSA) is 39.9 Å². The Bertz CT molecular complexity index is 1140. The zero-order valence-electron chi connectivity index (χ0n) is 15.4. The van der Waals surface area contributed by atoms with Crippen LogP contribution in [-0.4, -0.2) is 27.6 Å². The van der Waals surface area contributed by atoms with E-state index in [2.05, 4.69) is 34.5 Å². The normalized spacial score (nSPS) is 11.5. The van der Waals surface area contributed by atoms with Gasteiger partial charge in [-0.3, -0.25) is 0 Å². The summed E-state index contributed by atoms with van der Waals surface area (Å²) in [5.74, 6) is 2.41. The summed E-state index contributed by atoms with van der Waals surface area (Å²) in [6.07, 6.45) is 4.24. The quantitative estimate of drug-likeness (QED) is 0.345. The predicted molar refractivity (Wildman–Crippen MR) is 120 cm³/mol. The van der Waals surface area contributed by atoms with Crippen molar-refractivity contribution in [1.29, 1.82) is 0 Å². The molecule has 4 nitrogen and oxygen atoms in total. The second-order valence-corrected chi connectivity index (χ2v) is 8.51. The fourth-order valence-corrected chi connectivity index (χ4v) is 5.11. The standard InChI is InChI=1S/C21H18ClN3OS2/c1-25-20(19-18(22)16-11-10-15(26-2)13-17(16)28-19)23-24-21(25)27-12-6-9-14-7-4-3-5-8-14/h3-11,13H,12H2,1-2H3. The highest BCUT2D eigenvalue weighted by Crippen LogP contribution is 2.42. The zero-order valence-corrected chi connectivity index (χ0v) is 17.8. The Morgan fingerprint density at radius 2 is 2.00 bits per heavy atom. The monoisotopic (exact) mass is 427 g/mol. The third-order valence-corrected chi connectivity index (χ3v) is 6.92. The van der Waals surface area contributed by atoms with E-state index in [0.29, 0.717) is 5.02 Å². The molecule has 0 spiro atoms. The molecule has 0 atom stereocenters. The molecular weight excluding hydrogens is 410 g/mol. The van der Waals surface area contributed by atoms with Gasteiger partial charge < -0.3 is 9.30 Å². The second kappa shape index (κ2) is 8.39. The summed E-state index contributed by atoms with van der Waals surface area (Å²) in [4.78, 5) is 0.923. The fourth-order valence-electron chi connectivity index (χ4n) is 2.83. The van der Waals surface area contributed by atoms with Gasteiger partial charge in [-0.15, -0.1) is 21.5 Å². The molecule has 2 heterocycles. The van der Waals surface area contributed by atoms with E-state index in [1.54, 1.807) is 30.2 Å². The van der Waals surface area contributed by atoms with E-state index in [9.17, 15) is 0 Å². The number of aromatic nitrogens is 3. The van der Waals surface area contributed by atoms with Crippen LogP contribution in [0.5, 0.6) is 5.75 Å². The Labute approximate surface area is 176 Å². The van der Waals surface area contributed by atoms with E-state index in [4.69, 9.17) is 16.3 Å². The molecule has 4 rings (SSSR count). The van der Waals surface area contributed by atoms with Gasteiger partial charge >= 0.3 is 0 Å². The largest absolute Gasteiger partial charge is 0.497 e. The number of thiophene rings is 1. The fraction of sp³-hybridized carbons (Fsp3) is 0.143. The van der Waals surface area contributed by atoms with Crippen molar-refractivity contribution in [2.45, 2.75) is 5.16 Å². The van der Waals surface area contributed by atoms with Crippen molar-refractivity contribution in [3.63, 3.8) is 0 Å². The first kappa shape index (κ1) is 19.1. The highest BCUT2D eigenvalue weighted by atomic mass is 35.5. The lowest BCUT2D eigenvalue weighted by Crippen LogP contribution is -1.94. The van der Waals surface area contributed by atoms with Gasteiger partial charge in [0.25, 0.3) is 0 Å². The average molecular weight is 428 g/mol. The SMILES string of the molecule is COc1ccc2c(Cl)c(-c3nnc(SCC=Cc4ccccc4)n3C)sc2c1. The maximum atomic E-state index is 6.63. The lowest BCUT2D eigenvalue weighted by atomic mass is 10.2. The van der Waals surface area contributed by atoms with Gasteiger partial charge in [0.15, 0.2) is 11.0 Å². The van der Waals surface area contributed by atoms with E-state index in [0.717, 1.165) is 37.4 Å². The number of hydrogen-bond acceptors (Lipinski definition) is 5. The van der Waals surface area contributed by atoms with Gasteiger partial charge in [-0.2, -0.15) is 0 Å². The summed E-state index contributed by atoms with van der Waals surface area (Å²) in [6.45, 7) is 0. The summed E-state index contributed by atoms with van der Waals surface area (Å²) in [6, 6.07) is 16.1. The molecule has 0 aliphatic heterocycles. The molecule has 4 aromatic rings. The Morgan fingerprint density at radius 3 is 2.79 bits per heavy atom. The van der Waals surface area contributed by atoms with Crippen molar-refractivity contribution < 1.29 is 4.74 Å². The smallest absolute Gasteiger partial charge is 0.191 e. The number of benzene rings is 2. The summed E-state index contributed by atoms with van der Waals surface area (Å²) in [5.41, 5.74) is 1.19. The van der Waals surface area contributed by atoms with Crippen LogP contribution < -0.4 is 4.74 Å². The number of halogens is 1. The van der Waals surface area contributed by atoms with Crippen molar-refractivity contribution >= 4 is 50.9 Å². The van der Waals surface area contributed by atoms with E-state index < -0.39 is 0 Å². The third kappa shape index (κ3) is 3.81. The summed E-state index contributed by atoms with van der Waals surface area (Å²) < 4.78 is 8.38. The minimum absolute atomic E-state index is 0.707. The molecule has 2 aromatic carbocycles. The second-order valence-electron chi connectivity index (χ2n) is 6.10. The minimum atomic E-state index is 0.707. The maximum Gasteiger partial charge on any atom is 0.191 e. The van der Waals surface area contributed by atoms with Crippen molar-refractivity contribution in [2.75, 3.05) is 12.9 Å². The number of nitrogens with zero attached hydrogens (tertiary/aromatic N) is 3. The Balaban J connectivity index is 1.54. The van der Waals surface area contributed by atoms with Crippen LogP contribution in [0.25, 0.3) is 26.9 Å². The average Bonchev–Trinajstić information content (AvgIpc) is 3.25. The first-order valence-electron chi connectivity index (χ1n) is 8.67. The van der Waals surface area contributed by atoms with E-state index in [-0.39, 0.29) is 0 Å². The molecule has 0 saturated heterocycles. The number of fused-ring (bicyclic) bond motifs is 1. The summed E-state index contributed by atoms with van der Waals surface area (Å²) in [7, 11) is 3.63. The Morgan fingerprint density at radius 1 is 1.18 bits per heavy atom. The third-order valence-electron chi connectivity index (χ3n) is 4.29. The number of rotatable bonds is 6. The van der Waals surface area contributed by atoms with Gasteiger partial charge in [0.1, 0.15) is 5.75 Å². The molecular formula is C21H18ClN3OS2. The molecule has 0 bridgehead atoms. The highest BCUT2D eigenvalue weighted by Gasteiger charge is 2.19. The van der Waals surface area contributed by atoms with E-state index >= 15 is 0 Å². The number of ether oxygens (including phenoxy) is 1. The van der Waals surface area contributed by atoms with Crippen LogP contribution in [0.2, 0.25) is 5.02 Å². The summed E-state index contributed by atoms with van der Waals surface area (Å²) >= 11 is 9.88. The van der Waals surface area contributed by atoms with E-state index in [1.165, 1.54) is 5.56 Å². The number of hydrogen-bond donors (Lipinski definition) is 0. The van der Waals surface area contributed by atoms with Crippen molar-refractivity contribution in [2.24, 2.45) is 7.05 Å². The first-order valence-corrected chi connectivity index (χ1v) is 10.9. The molecule has 0 aliphatic carbocycles.